The van der Waals surface area contributed by atoms with E-state index >= 15 is 0 Å². The van der Waals surface area contributed by atoms with Crippen LogP contribution in [0.2, 0.25) is 0 Å². The van der Waals surface area contributed by atoms with Crippen molar-refractivity contribution in [2.45, 2.75) is 18.6 Å². The third-order valence-electron chi connectivity index (χ3n) is 3.57. The maximum atomic E-state index is 10.4. The van der Waals surface area contributed by atoms with Gasteiger partial charge in [-0.1, -0.05) is 30.3 Å². The van der Waals surface area contributed by atoms with Crippen LogP contribution in [0.25, 0.3) is 0 Å². The summed E-state index contributed by atoms with van der Waals surface area (Å²) in [4.78, 5) is 0. The van der Waals surface area contributed by atoms with Crippen molar-refractivity contribution in [2.75, 3.05) is 14.2 Å². The molecule has 118 valence electrons. The summed E-state index contributed by atoms with van der Waals surface area (Å²) in [5, 5.41) is 10.4. The second-order valence-corrected chi connectivity index (χ2v) is 5.87. The number of hydrogen-bond donors (Lipinski definition) is 2. The van der Waals surface area contributed by atoms with Gasteiger partial charge in [0.05, 0.1) is 30.8 Å². The number of hydrogen-bond acceptors (Lipinski definition) is 4. The van der Waals surface area contributed by atoms with E-state index in [2.05, 4.69) is 15.9 Å². The number of halogens is 1. The first-order valence-corrected chi connectivity index (χ1v) is 7.75. The van der Waals surface area contributed by atoms with Crippen molar-refractivity contribution in [3.8, 4) is 11.5 Å². The van der Waals surface area contributed by atoms with E-state index in [4.69, 9.17) is 15.2 Å². The van der Waals surface area contributed by atoms with Gasteiger partial charge in [-0.3, -0.25) is 0 Å². The van der Waals surface area contributed by atoms with Gasteiger partial charge in [0.25, 0.3) is 0 Å². The number of ether oxygens (including phenoxy) is 2. The molecule has 4 nitrogen and oxygen atoms in total. The smallest absolute Gasteiger partial charge is 0.133 e. The highest BCUT2D eigenvalue weighted by atomic mass is 79.9. The molecular formula is C17H20BrNO3. The molecule has 0 saturated carbocycles. The number of benzene rings is 2. The van der Waals surface area contributed by atoms with Crippen LogP contribution in [0.1, 0.15) is 17.2 Å². The number of aliphatic hydroxyl groups is 1. The molecule has 0 saturated heterocycles. The molecular weight excluding hydrogens is 346 g/mol. The zero-order valence-electron chi connectivity index (χ0n) is 12.6. The van der Waals surface area contributed by atoms with Gasteiger partial charge < -0.3 is 20.3 Å². The maximum absolute atomic E-state index is 10.4. The minimum absolute atomic E-state index is 0.476. The predicted octanol–water partition coefficient (Wildman–Crippen LogP) is 3.07. The molecule has 0 aliphatic rings. The number of aliphatic hydroxyl groups excluding tert-OH is 1. The highest BCUT2D eigenvalue weighted by Crippen LogP contribution is 2.36. The Hall–Kier alpha value is -1.56. The highest BCUT2D eigenvalue weighted by molar-refractivity contribution is 9.10. The maximum Gasteiger partial charge on any atom is 0.133 e. The average molecular weight is 366 g/mol. The van der Waals surface area contributed by atoms with Crippen LogP contribution in [0.3, 0.4) is 0 Å². The standard InChI is InChI=1S/C17H20BrNO3/c1-21-15-10-13(18)16(22-2)9-12(15)17(19)14(20)8-11-6-4-3-5-7-11/h3-7,9-10,14,17,20H,8,19H2,1-2H3/t14-,17+/m0/s1. The Morgan fingerprint density at radius 2 is 1.73 bits per heavy atom. The molecule has 0 aromatic heterocycles. The molecule has 0 heterocycles. The first kappa shape index (κ1) is 16.8. The third kappa shape index (κ3) is 3.80. The van der Waals surface area contributed by atoms with Crippen LogP contribution in [0.4, 0.5) is 0 Å². The molecule has 0 bridgehead atoms. The zero-order chi connectivity index (χ0) is 16.1. The predicted molar refractivity (Wildman–Crippen MR) is 90.3 cm³/mol. The van der Waals surface area contributed by atoms with Crippen LogP contribution < -0.4 is 15.2 Å². The Kier molecular flexibility index (Phi) is 5.83. The van der Waals surface area contributed by atoms with Gasteiger partial charge in [-0.05, 0) is 33.6 Å². The minimum atomic E-state index is -0.720. The molecule has 2 atom stereocenters. The second-order valence-electron chi connectivity index (χ2n) is 5.01. The van der Waals surface area contributed by atoms with E-state index in [1.807, 2.05) is 30.3 Å². The van der Waals surface area contributed by atoms with Crippen molar-refractivity contribution < 1.29 is 14.6 Å². The molecule has 0 aliphatic heterocycles. The van der Waals surface area contributed by atoms with Crippen LogP contribution in [0.15, 0.2) is 46.9 Å². The lowest BCUT2D eigenvalue weighted by Crippen LogP contribution is -2.28. The molecule has 0 radical (unpaired) electrons. The lowest BCUT2D eigenvalue weighted by molar-refractivity contribution is 0.143. The second kappa shape index (κ2) is 7.63. The van der Waals surface area contributed by atoms with Crippen molar-refractivity contribution in [3.05, 3.63) is 58.1 Å². The number of methoxy groups -OCH3 is 2. The van der Waals surface area contributed by atoms with Gasteiger partial charge in [0.2, 0.25) is 0 Å². The van der Waals surface area contributed by atoms with E-state index in [1.165, 1.54) is 0 Å². The normalized spacial score (nSPS) is 13.5. The van der Waals surface area contributed by atoms with Gasteiger partial charge in [-0.2, -0.15) is 0 Å². The third-order valence-corrected chi connectivity index (χ3v) is 4.19. The summed E-state index contributed by atoms with van der Waals surface area (Å²) in [5.74, 6) is 1.27. The highest BCUT2D eigenvalue weighted by Gasteiger charge is 2.22. The summed E-state index contributed by atoms with van der Waals surface area (Å²) in [6.07, 6.45) is -0.244. The van der Waals surface area contributed by atoms with Gasteiger partial charge in [-0.15, -0.1) is 0 Å². The molecule has 22 heavy (non-hydrogen) atoms. The molecule has 0 amide bonds. The van der Waals surface area contributed by atoms with Crippen LogP contribution >= 0.6 is 15.9 Å². The molecule has 2 aromatic rings. The topological polar surface area (TPSA) is 64.7 Å². The quantitative estimate of drug-likeness (QED) is 0.825. The largest absolute Gasteiger partial charge is 0.496 e. The lowest BCUT2D eigenvalue weighted by Gasteiger charge is -2.22. The summed E-state index contributed by atoms with van der Waals surface area (Å²) in [7, 11) is 3.16. The van der Waals surface area contributed by atoms with E-state index in [0.29, 0.717) is 23.5 Å². The fraction of sp³-hybridized carbons (Fsp3) is 0.294. The van der Waals surface area contributed by atoms with Crippen molar-refractivity contribution in [1.82, 2.24) is 0 Å². The molecule has 2 rings (SSSR count). The molecule has 5 heteroatoms. The van der Waals surface area contributed by atoms with Crippen LogP contribution in [-0.4, -0.2) is 25.4 Å². The van der Waals surface area contributed by atoms with Crippen molar-refractivity contribution >= 4 is 15.9 Å². The van der Waals surface area contributed by atoms with Gasteiger partial charge in [0.15, 0.2) is 0 Å². The van der Waals surface area contributed by atoms with Gasteiger partial charge >= 0.3 is 0 Å². The van der Waals surface area contributed by atoms with E-state index in [9.17, 15) is 5.11 Å². The van der Waals surface area contributed by atoms with Gasteiger partial charge in [-0.25, -0.2) is 0 Å². The Bertz CT molecular complexity index is 619. The Balaban J connectivity index is 2.25. The monoisotopic (exact) mass is 365 g/mol. The van der Waals surface area contributed by atoms with Crippen molar-refractivity contribution in [3.63, 3.8) is 0 Å². The average Bonchev–Trinajstić information content (AvgIpc) is 2.54. The van der Waals surface area contributed by atoms with Crippen LogP contribution in [-0.2, 0) is 6.42 Å². The van der Waals surface area contributed by atoms with Crippen molar-refractivity contribution in [1.29, 1.82) is 0 Å². The Morgan fingerprint density at radius 3 is 2.32 bits per heavy atom. The van der Waals surface area contributed by atoms with Crippen molar-refractivity contribution in [2.24, 2.45) is 5.73 Å². The lowest BCUT2D eigenvalue weighted by atomic mass is 9.96. The SMILES string of the molecule is COc1cc([C@@H](N)[C@@H](O)Cc2ccccc2)c(OC)cc1Br. The summed E-state index contributed by atoms with van der Waals surface area (Å²) in [6.45, 7) is 0. The summed E-state index contributed by atoms with van der Waals surface area (Å²) in [6, 6.07) is 12.8. The first-order valence-electron chi connectivity index (χ1n) is 6.95. The number of rotatable bonds is 6. The fourth-order valence-electron chi connectivity index (χ4n) is 2.33. The Labute approximate surface area is 139 Å². The molecule has 0 spiro atoms. The Morgan fingerprint density at radius 1 is 1.09 bits per heavy atom. The fourth-order valence-corrected chi connectivity index (χ4v) is 2.82. The van der Waals surface area contributed by atoms with Crippen LogP contribution in [0.5, 0.6) is 11.5 Å². The van der Waals surface area contributed by atoms with E-state index in [-0.39, 0.29) is 0 Å². The van der Waals surface area contributed by atoms with E-state index < -0.39 is 12.1 Å². The van der Waals surface area contributed by atoms with E-state index in [1.54, 1.807) is 26.4 Å². The molecule has 0 unspecified atom stereocenters. The van der Waals surface area contributed by atoms with Gasteiger partial charge in [0, 0.05) is 12.0 Å². The molecule has 0 fully saturated rings. The van der Waals surface area contributed by atoms with E-state index in [0.717, 1.165) is 10.0 Å². The van der Waals surface area contributed by atoms with Crippen LogP contribution in [0, 0.1) is 0 Å². The zero-order valence-corrected chi connectivity index (χ0v) is 14.2. The summed E-state index contributed by atoms with van der Waals surface area (Å²) < 4.78 is 11.4. The summed E-state index contributed by atoms with van der Waals surface area (Å²) >= 11 is 3.41. The minimum Gasteiger partial charge on any atom is -0.496 e. The summed E-state index contributed by atoms with van der Waals surface area (Å²) in [5.41, 5.74) is 7.99. The number of nitrogens with two attached hydrogens (primary N) is 1. The molecule has 3 N–H and O–H groups in total. The molecule has 0 aliphatic carbocycles. The molecule has 2 aromatic carbocycles. The first-order chi connectivity index (χ1) is 10.6. The van der Waals surface area contributed by atoms with Gasteiger partial charge in [0.1, 0.15) is 11.5 Å².